The molecule has 0 aliphatic heterocycles. The van der Waals surface area contributed by atoms with Crippen molar-refractivity contribution in [1.82, 2.24) is 4.98 Å². The van der Waals surface area contributed by atoms with E-state index in [-0.39, 0.29) is 0 Å². The summed E-state index contributed by atoms with van der Waals surface area (Å²) in [6.45, 7) is 1.000. The van der Waals surface area contributed by atoms with Crippen LogP contribution < -0.4 is 4.74 Å². The SMILES string of the molecule is [N-]=[N+]=NCCCOc1ccc2cccnc2c1. The summed E-state index contributed by atoms with van der Waals surface area (Å²) < 4.78 is 5.54. The molecule has 5 heteroatoms. The van der Waals surface area contributed by atoms with Crippen LogP contribution in [-0.4, -0.2) is 18.1 Å². The molecule has 86 valence electrons. The molecule has 0 bridgehead atoms. The Morgan fingerprint density at radius 2 is 2.29 bits per heavy atom. The van der Waals surface area contributed by atoms with E-state index in [2.05, 4.69) is 15.0 Å². The van der Waals surface area contributed by atoms with Crippen LogP contribution in [0.1, 0.15) is 6.42 Å². The number of rotatable bonds is 5. The summed E-state index contributed by atoms with van der Waals surface area (Å²) in [6.07, 6.45) is 2.47. The van der Waals surface area contributed by atoms with Gasteiger partial charge in [0.05, 0.1) is 12.1 Å². The van der Waals surface area contributed by atoms with Crippen LogP contribution in [0.25, 0.3) is 21.3 Å². The quantitative estimate of drug-likeness (QED) is 0.341. The first kappa shape index (κ1) is 11.2. The highest BCUT2D eigenvalue weighted by atomic mass is 16.5. The molecule has 0 radical (unpaired) electrons. The lowest BCUT2D eigenvalue weighted by atomic mass is 10.2. The van der Waals surface area contributed by atoms with Gasteiger partial charge in [-0.3, -0.25) is 4.98 Å². The standard InChI is InChI=1S/C12H12N4O/c13-16-15-7-2-8-17-11-5-4-10-3-1-6-14-12(10)9-11/h1,3-6,9H,2,7-8H2. The molecule has 2 aromatic rings. The lowest BCUT2D eigenvalue weighted by molar-refractivity contribution is 0.314. The monoisotopic (exact) mass is 228 g/mol. The molecule has 0 saturated heterocycles. The highest BCUT2D eigenvalue weighted by Gasteiger charge is 1.97. The summed E-state index contributed by atoms with van der Waals surface area (Å²) in [7, 11) is 0. The molecule has 1 heterocycles. The summed E-state index contributed by atoms with van der Waals surface area (Å²) >= 11 is 0. The van der Waals surface area contributed by atoms with Crippen LogP contribution in [0.15, 0.2) is 41.6 Å². The zero-order valence-corrected chi connectivity index (χ0v) is 9.28. The maximum Gasteiger partial charge on any atom is 0.121 e. The Bertz CT molecular complexity index is 549. The number of pyridine rings is 1. The van der Waals surface area contributed by atoms with Gasteiger partial charge in [0.1, 0.15) is 5.75 Å². The second-order valence-electron chi connectivity index (χ2n) is 3.51. The minimum atomic E-state index is 0.461. The minimum Gasteiger partial charge on any atom is -0.494 e. The number of hydrogen-bond acceptors (Lipinski definition) is 3. The van der Waals surface area contributed by atoms with Crippen LogP contribution in [0, 0.1) is 0 Å². The summed E-state index contributed by atoms with van der Waals surface area (Å²) in [6, 6.07) is 9.71. The zero-order valence-electron chi connectivity index (χ0n) is 9.28. The maximum absolute atomic E-state index is 8.11. The van der Waals surface area contributed by atoms with E-state index in [1.165, 1.54) is 0 Å². The first-order chi connectivity index (χ1) is 8.40. The van der Waals surface area contributed by atoms with E-state index >= 15 is 0 Å². The van der Waals surface area contributed by atoms with Gasteiger partial charge in [0.15, 0.2) is 0 Å². The summed E-state index contributed by atoms with van der Waals surface area (Å²) in [4.78, 5) is 6.93. The molecule has 0 aliphatic carbocycles. The van der Waals surface area contributed by atoms with Gasteiger partial charge in [-0.1, -0.05) is 11.2 Å². The number of aromatic nitrogens is 1. The van der Waals surface area contributed by atoms with Gasteiger partial charge in [-0.25, -0.2) is 0 Å². The molecule has 1 aromatic heterocycles. The minimum absolute atomic E-state index is 0.461. The molecule has 0 atom stereocenters. The Hall–Kier alpha value is -2.26. The van der Waals surface area contributed by atoms with E-state index in [4.69, 9.17) is 10.3 Å². The van der Waals surface area contributed by atoms with Gasteiger partial charge in [0.25, 0.3) is 0 Å². The average molecular weight is 228 g/mol. The largest absolute Gasteiger partial charge is 0.494 e. The topological polar surface area (TPSA) is 70.9 Å². The Balaban J connectivity index is 1.97. The van der Waals surface area contributed by atoms with Crippen LogP contribution in [0.5, 0.6) is 5.75 Å². The lowest BCUT2D eigenvalue weighted by Gasteiger charge is -2.05. The van der Waals surface area contributed by atoms with E-state index in [1.54, 1.807) is 6.20 Å². The molecular formula is C12H12N4O. The highest BCUT2D eigenvalue weighted by molar-refractivity contribution is 5.79. The van der Waals surface area contributed by atoms with Gasteiger partial charge in [-0.15, -0.1) is 0 Å². The van der Waals surface area contributed by atoms with Crippen LogP contribution in [0.2, 0.25) is 0 Å². The number of ether oxygens (including phenoxy) is 1. The zero-order chi connectivity index (χ0) is 11.9. The lowest BCUT2D eigenvalue weighted by Crippen LogP contribution is -1.98. The van der Waals surface area contributed by atoms with Gasteiger partial charge in [-0.05, 0) is 30.2 Å². The Morgan fingerprint density at radius 3 is 3.18 bits per heavy atom. The average Bonchev–Trinajstić information content (AvgIpc) is 2.38. The molecule has 5 nitrogen and oxygen atoms in total. The van der Waals surface area contributed by atoms with Crippen molar-refractivity contribution in [3.63, 3.8) is 0 Å². The molecule has 0 N–H and O–H groups in total. The van der Waals surface area contributed by atoms with Crippen molar-refractivity contribution in [2.24, 2.45) is 5.11 Å². The highest BCUT2D eigenvalue weighted by Crippen LogP contribution is 2.18. The van der Waals surface area contributed by atoms with Crippen molar-refractivity contribution in [2.75, 3.05) is 13.2 Å². The normalized spacial score (nSPS) is 9.88. The first-order valence-corrected chi connectivity index (χ1v) is 5.38. The number of azide groups is 1. The molecule has 0 fully saturated rings. The number of nitrogens with zero attached hydrogens (tertiary/aromatic N) is 4. The van der Waals surface area contributed by atoms with E-state index in [0.717, 1.165) is 16.7 Å². The number of hydrogen-bond donors (Lipinski definition) is 0. The van der Waals surface area contributed by atoms with Crippen LogP contribution in [-0.2, 0) is 0 Å². The van der Waals surface area contributed by atoms with Crippen molar-refractivity contribution in [3.8, 4) is 5.75 Å². The molecule has 2 rings (SSSR count). The fraction of sp³-hybridized carbons (Fsp3) is 0.250. The summed E-state index contributed by atoms with van der Waals surface area (Å²) in [5.41, 5.74) is 9.03. The van der Waals surface area contributed by atoms with Gasteiger partial charge in [-0.2, -0.15) is 0 Å². The fourth-order valence-electron chi connectivity index (χ4n) is 1.51. The van der Waals surface area contributed by atoms with Crippen LogP contribution in [0.3, 0.4) is 0 Å². The smallest absolute Gasteiger partial charge is 0.121 e. The first-order valence-electron chi connectivity index (χ1n) is 5.38. The number of fused-ring (bicyclic) bond motifs is 1. The Kier molecular flexibility index (Phi) is 3.78. The summed E-state index contributed by atoms with van der Waals surface area (Å²) in [5, 5.41) is 4.53. The third-order valence-electron chi connectivity index (χ3n) is 2.31. The fourth-order valence-corrected chi connectivity index (χ4v) is 1.51. The Morgan fingerprint density at radius 1 is 1.35 bits per heavy atom. The van der Waals surface area contributed by atoms with Gasteiger partial charge < -0.3 is 4.74 Å². The molecule has 0 aliphatic rings. The third kappa shape index (κ3) is 3.09. The molecule has 0 amide bonds. The van der Waals surface area contributed by atoms with Crippen molar-refractivity contribution in [2.45, 2.75) is 6.42 Å². The van der Waals surface area contributed by atoms with E-state index in [1.807, 2.05) is 30.3 Å². The summed E-state index contributed by atoms with van der Waals surface area (Å²) in [5.74, 6) is 0.789. The van der Waals surface area contributed by atoms with E-state index in [0.29, 0.717) is 19.6 Å². The Labute approximate surface area is 98.7 Å². The van der Waals surface area contributed by atoms with Gasteiger partial charge in [0.2, 0.25) is 0 Å². The van der Waals surface area contributed by atoms with Crippen molar-refractivity contribution in [3.05, 3.63) is 47.0 Å². The molecule has 0 unspecified atom stereocenters. The second-order valence-corrected chi connectivity index (χ2v) is 3.51. The van der Waals surface area contributed by atoms with Crippen molar-refractivity contribution >= 4 is 10.9 Å². The maximum atomic E-state index is 8.11. The van der Waals surface area contributed by atoms with Crippen LogP contribution in [0.4, 0.5) is 0 Å². The second kappa shape index (κ2) is 5.72. The van der Waals surface area contributed by atoms with Crippen LogP contribution >= 0.6 is 0 Å². The predicted octanol–water partition coefficient (Wildman–Crippen LogP) is 3.31. The van der Waals surface area contributed by atoms with Gasteiger partial charge >= 0.3 is 0 Å². The number of benzene rings is 1. The molecule has 17 heavy (non-hydrogen) atoms. The van der Waals surface area contributed by atoms with Crippen molar-refractivity contribution in [1.29, 1.82) is 0 Å². The molecule has 0 saturated carbocycles. The van der Waals surface area contributed by atoms with E-state index in [9.17, 15) is 0 Å². The van der Waals surface area contributed by atoms with Gasteiger partial charge in [0, 0.05) is 29.1 Å². The van der Waals surface area contributed by atoms with Crippen molar-refractivity contribution < 1.29 is 4.74 Å². The van der Waals surface area contributed by atoms with E-state index < -0.39 is 0 Å². The third-order valence-corrected chi connectivity index (χ3v) is 2.31. The molecule has 1 aromatic carbocycles. The molecular weight excluding hydrogens is 216 g/mol. The predicted molar refractivity (Wildman–Crippen MR) is 65.9 cm³/mol. The molecule has 0 spiro atoms.